The summed E-state index contributed by atoms with van der Waals surface area (Å²) >= 11 is 21.4. The Morgan fingerprint density at radius 3 is 1.50 bits per heavy atom. The highest BCUT2D eigenvalue weighted by Gasteiger charge is 2.85. The number of esters is 2. The van der Waals surface area contributed by atoms with E-state index in [0.29, 0.717) is 0 Å². The number of alkyl halides is 4. The molecule has 0 aromatic rings. The van der Waals surface area contributed by atoms with E-state index < -0.39 is 35.7 Å². The molecule has 0 N–H and O–H groups in total. The summed E-state index contributed by atoms with van der Waals surface area (Å²) < 4.78 is 4.00. The fourth-order valence-corrected chi connectivity index (χ4v) is 10.1. The highest BCUT2D eigenvalue weighted by Crippen LogP contribution is 2.80. The van der Waals surface area contributed by atoms with Crippen molar-refractivity contribution in [1.82, 2.24) is 0 Å². The highest BCUT2D eigenvalue weighted by molar-refractivity contribution is 9.27. The lowest BCUT2D eigenvalue weighted by Gasteiger charge is -2.34. The van der Waals surface area contributed by atoms with Crippen LogP contribution in [0.3, 0.4) is 0 Å². The molecule has 2 aliphatic carbocycles. The molecule has 1 saturated heterocycles. The molecule has 18 heavy (non-hydrogen) atoms. The summed E-state index contributed by atoms with van der Waals surface area (Å²) in [6.45, 7) is 0. The fourth-order valence-electron chi connectivity index (χ4n) is 2.81. The van der Waals surface area contributed by atoms with Gasteiger partial charge in [-0.1, -0.05) is 95.6 Å². The molecule has 3 nitrogen and oxygen atoms in total. The largest absolute Gasteiger partial charge is 0.393 e. The maximum absolute atomic E-state index is 11.9. The molecule has 2 bridgehead atoms. The maximum Gasteiger partial charge on any atom is 0.319 e. The summed E-state index contributed by atoms with van der Waals surface area (Å²) in [5.74, 6) is -2.22. The number of fused-ring (bicyclic) bond motifs is 5. The van der Waals surface area contributed by atoms with Crippen LogP contribution in [0.25, 0.3) is 0 Å². The minimum absolute atomic E-state index is 0.511. The molecule has 1 aliphatic heterocycles. The van der Waals surface area contributed by atoms with Gasteiger partial charge in [-0.25, -0.2) is 0 Å². The van der Waals surface area contributed by atoms with Crippen molar-refractivity contribution in [2.24, 2.45) is 11.8 Å². The Hall–Kier alpha value is 1.76. The van der Waals surface area contributed by atoms with Crippen molar-refractivity contribution >= 4 is 108 Å². The van der Waals surface area contributed by atoms with Crippen LogP contribution in [0.4, 0.5) is 0 Å². The van der Waals surface area contributed by atoms with E-state index >= 15 is 0 Å². The van der Waals surface area contributed by atoms with E-state index in [2.05, 4.69) is 95.6 Å². The monoisotopic (exact) mass is 632 g/mol. The first-order valence-corrected chi connectivity index (χ1v) is 9.45. The summed E-state index contributed by atoms with van der Waals surface area (Å²) in [7, 11) is 0. The Bertz CT molecular complexity index is 498. The van der Waals surface area contributed by atoms with Gasteiger partial charge in [-0.2, -0.15) is 0 Å². The molecule has 4 atom stereocenters. The van der Waals surface area contributed by atoms with Gasteiger partial charge in [0.15, 0.2) is 0 Å². The van der Waals surface area contributed by atoms with Gasteiger partial charge in [-0.3, -0.25) is 9.59 Å². The number of halogens is 6. The molecule has 4 unspecified atom stereocenters. The zero-order valence-corrected chi connectivity index (χ0v) is 17.7. The number of allylic oxidation sites excluding steroid dienone is 2. The average molecular weight is 638 g/mol. The van der Waals surface area contributed by atoms with Crippen molar-refractivity contribution in [3.8, 4) is 0 Å². The molecule has 0 amide bonds. The van der Waals surface area contributed by atoms with Gasteiger partial charge in [0.2, 0.25) is 0 Å². The van der Waals surface area contributed by atoms with Crippen molar-refractivity contribution in [3.63, 3.8) is 0 Å². The number of ether oxygens (including phenoxy) is 1. The number of cyclic esters (lactones) is 2. The first kappa shape index (κ1) is 14.7. The molecular weight excluding hydrogens is 636 g/mol. The molecule has 3 aliphatic rings. The van der Waals surface area contributed by atoms with Crippen LogP contribution in [0.1, 0.15) is 0 Å². The third-order valence-electron chi connectivity index (χ3n) is 3.64. The van der Waals surface area contributed by atoms with Crippen molar-refractivity contribution in [1.29, 1.82) is 0 Å². The fraction of sp³-hybridized carbons (Fsp3) is 0.556. The van der Waals surface area contributed by atoms with E-state index in [9.17, 15) is 9.59 Å². The smallest absolute Gasteiger partial charge is 0.319 e. The maximum atomic E-state index is 11.9. The number of carbonyl (C=O) groups is 2. The van der Waals surface area contributed by atoms with E-state index in [-0.39, 0.29) is 0 Å². The molecule has 1 saturated carbocycles. The average Bonchev–Trinajstić information content (AvgIpc) is 2.68. The number of rotatable bonds is 0. The summed E-state index contributed by atoms with van der Waals surface area (Å²) in [4.78, 5) is 23.9. The lowest BCUT2D eigenvalue weighted by molar-refractivity contribution is -0.154. The Labute approximate surface area is 153 Å². The first-order chi connectivity index (χ1) is 8.11. The molecule has 0 radical (unpaired) electrons. The van der Waals surface area contributed by atoms with E-state index in [1.807, 2.05) is 0 Å². The quantitative estimate of drug-likeness (QED) is 0.229. The lowest BCUT2D eigenvalue weighted by Crippen LogP contribution is -2.45. The first-order valence-electron chi connectivity index (χ1n) is 4.69. The van der Waals surface area contributed by atoms with Gasteiger partial charge in [-0.05, 0) is 0 Å². The van der Waals surface area contributed by atoms with E-state index in [0.717, 1.165) is 8.96 Å². The minimum atomic E-state index is -0.795. The third-order valence-corrected chi connectivity index (χ3v) is 14.9. The standard InChI is InChI=1S/C9H2Br6O3/c10-3-4(11)8(13)2-1(5(16)18-6(2)17)7(3,12)9(8,14)15/h1-2H. The Kier molecular flexibility index (Phi) is 3.21. The van der Waals surface area contributed by atoms with Gasteiger partial charge in [0.25, 0.3) is 0 Å². The van der Waals surface area contributed by atoms with Crippen LogP contribution >= 0.6 is 95.6 Å². The van der Waals surface area contributed by atoms with Crippen molar-refractivity contribution in [3.05, 3.63) is 8.96 Å². The molecular formula is C9H2Br6O3. The SMILES string of the molecule is O=C1OC(=O)C2C1C1(Br)C(Br)=C(Br)C2(Br)C1(Br)Br. The minimum Gasteiger partial charge on any atom is -0.393 e. The van der Waals surface area contributed by atoms with Crippen LogP contribution in [0, 0.1) is 11.8 Å². The van der Waals surface area contributed by atoms with Crippen LogP contribution in [0.15, 0.2) is 8.96 Å². The zero-order chi connectivity index (χ0) is 13.7. The number of carbonyl (C=O) groups excluding carboxylic acids is 2. The van der Waals surface area contributed by atoms with Crippen LogP contribution in [-0.4, -0.2) is 23.8 Å². The second-order valence-corrected chi connectivity index (χ2v) is 11.9. The van der Waals surface area contributed by atoms with Gasteiger partial charge in [0.05, 0.1) is 20.5 Å². The zero-order valence-electron chi connectivity index (χ0n) is 8.15. The van der Waals surface area contributed by atoms with E-state index in [1.54, 1.807) is 0 Å². The second kappa shape index (κ2) is 3.94. The molecule has 98 valence electrons. The molecule has 1 heterocycles. The molecule has 0 aromatic heterocycles. The molecule has 2 fully saturated rings. The predicted molar refractivity (Wildman–Crippen MR) is 86.9 cm³/mol. The molecule has 3 rings (SSSR count). The normalized spacial score (nSPS) is 48.8. The Balaban J connectivity index is 2.37. The number of hydrogen-bond acceptors (Lipinski definition) is 3. The van der Waals surface area contributed by atoms with Gasteiger partial charge in [0, 0.05) is 8.96 Å². The van der Waals surface area contributed by atoms with Crippen molar-refractivity contribution in [2.45, 2.75) is 11.9 Å². The van der Waals surface area contributed by atoms with Gasteiger partial charge in [0.1, 0.15) is 3.23 Å². The Morgan fingerprint density at radius 2 is 1.17 bits per heavy atom. The predicted octanol–water partition coefficient (Wildman–Crippen LogP) is 4.08. The summed E-state index contributed by atoms with van der Waals surface area (Å²) in [5.41, 5.74) is 0. The summed E-state index contributed by atoms with van der Waals surface area (Å²) in [5, 5.41) is 0. The second-order valence-electron chi connectivity index (χ2n) is 4.32. The van der Waals surface area contributed by atoms with Gasteiger partial charge < -0.3 is 4.74 Å². The topological polar surface area (TPSA) is 43.4 Å². The molecule has 0 spiro atoms. The third kappa shape index (κ3) is 1.23. The van der Waals surface area contributed by atoms with Gasteiger partial charge in [-0.15, -0.1) is 0 Å². The number of hydrogen-bond donors (Lipinski definition) is 0. The molecule has 9 heteroatoms. The summed E-state index contributed by atoms with van der Waals surface area (Å²) in [6, 6.07) is 0. The highest BCUT2D eigenvalue weighted by atomic mass is 79.9. The van der Waals surface area contributed by atoms with Crippen LogP contribution < -0.4 is 0 Å². The van der Waals surface area contributed by atoms with Crippen LogP contribution in [0.5, 0.6) is 0 Å². The van der Waals surface area contributed by atoms with Crippen molar-refractivity contribution < 1.29 is 14.3 Å². The Morgan fingerprint density at radius 1 is 0.833 bits per heavy atom. The molecule has 0 aromatic carbocycles. The van der Waals surface area contributed by atoms with Crippen LogP contribution in [-0.2, 0) is 14.3 Å². The van der Waals surface area contributed by atoms with E-state index in [4.69, 9.17) is 4.74 Å². The lowest BCUT2D eigenvalue weighted by atomic mass is 9.85. The van der Waals surface area contributed by atoms with Crippen molar-refractivity contribution in [2.75, 3.05) is 0 Å². The van der Waals surface area contributed by atoms with Crippen LogP contribution in [0.2, 0.25) is 0 Å². The summed E-state index contributed by atoms with van der Waals surface area (Å²) in [6.07, 6.45) is 0. The van der Waals surface area contributed by atoms with E-state index in [1.165, 1.54) is 0 Å². The van der Waals surface area contributed by atoms with Gasteiger partial charge >= 0.3 is 11.9 Å².